The third-order valence-corrected chi connectivity index (χ3v) is 5.47. The van der Waals surface area contributed by atoms with E-state index in [1.807, 2.05) is 6.92 Å². The number of nitrogens with one attached hydrogen (secondary N) is 2. The highest BCUT2D eigenvalue weighted by atomic mass is 32.2. The van der Waals surface area contributed by atoms with Crippen molar-refractivity contribution < 1.29 is 8.42 Å². The maximum absolute atomic E-state index is 12.1. The van der Waals surface area contributed by atoms with Crippen molar-refractivity contribution in [3.05, 3.63) is 24.5 Å². The summed E-state index contributed by atoms with van der Waals surface area (Å²) in [6, 6.07) is 3.13. The second-order valence-corrected chi connectivity index (χ2v) is 7.76. The standard InChI is InChI=1S/C16H27N5O2S/c1-3-18-16(21-11-6-14(2)7-12-21)19-9-10-20-24(22,23)15-5-4-8-17-13-15/h4-5,8,13-14,20H,3,6-7,9-12H2,1-2H3,(H,18,19). The van der Waals surface area contributed by atoms with E-state index in [1.54, 1.807) is 12.3 Å². The van der Waals surface area contributed by atoms with Gasteiger partial charge in [-0.25, -0.2) is 13.1 Å². The molecule has 0 bridgehead atoms. The molecule has 8 heteroatoms. The second-order valence-electron chi connectivity index (χ2n) is 5.99. The third-order valence-electron chi connectivity index (χ3n) is 4.03. The average molecular weight is 353 g/mol. The molecule has 0 radical (unpaired) electrons. The molecule has 24 heavy (non-hydrogen) atoms. The Morgan fingerprint density at radius 2 is 2.17 bits per heavy atom. The molecule has 2 N–H and O–H groups in total. The lowest BCUT2D eigenvalue weighted by atomic mass is 10.00. The van der Waals surface area contributed by atoms with Crippen LogP contribution in [0, 0.1) is 5.92 Å². The van der Waals surface area contributed by atoms with Crippen molar-refractivity contribution in [3.63, 3.8) is 0 Å². The van der Waals surface area contributed by atoms with Gasteiger partial charge in [0.15, 0.2) is 5.96 Å². The van der Waals surface area contributed by atoms with Crippen LogP contribution >= 0.6 is 0 Å². The molecular weight excluding hydrogens is 326 g/mol. The minimum Gasteiger partial charge on any atom is -0.357 e. The van der Waals surface area contributed by atoms with Crippen molar-refractivity contribution in [2.75, 3.05) is 32.7 Å². The Balaban J connectivity index is 1.88. The Labute approximate surface area is 144 Å². The molecule has 2 heterocycles. The quantitative estimate of drug-likeness (QED) is 0.454. The third kappa shape index (κ3) is 5.45. The van der Waals surface area contributed by atoms with E-state index in [0.717, 1.165) is 44.4 Å². The van der Waals surface area contributed by atoms with E-state index in [4.69, 9.17) is 0 Å². The van der Waals surface area contributed by atoms with Crippen LogP contribution in [0.5, 0.6) is 0 Å². The van der Waals surface area contributed by atoms with E-state index < -0.39 is 10.0 Å². The zero-order valence-corrected chi connectivity index (χ0v) is 15.2. The highest BCUT2D eigenvalue weighted by molar-refractivity contribution is 7.89. The molecule has 1 saturated heterocycles. The van der Waals surface area contributed by atoms with Crippen molar-refractivity contribution in [2.24, 2.45) is 10.9 Å². The largest absolute Gasteiger partial charge is 0.357 e. The van der Waals surface area contributed by atoms with Gasteiger partial charge in [-0.05, 0) is 37.8 Å². The van der Waals surface area contributed by atoms with Crippen molar-refractivity contribution in [1.82, 2.24) is 19.9 Å². The molecule has 1 aliphatic heterocycles. The molecule has 1 aliphatic rings. The number of aromatic nitrogens is 1. The predicted molar refractivity (Wildman–Crippen MR) is 95.4 cm³/mol. The molecule has 1 aromatic heterocycles. The van der Waals surface area contributed by atoms with E-state index in [1.165, 1.54) is 12.3 Å². The monoisotopic (exact) mass is 353 g/mol. The van der Waals surface area contributed by atoms with Crippen LogP contribution in [0.3, 0.4) is 0 Å². The van der Waals surface area contributed by atoms with E-state index >= 15 is 0 Å². The van der Waals surface area contributed by atoms with Crippen LogP contribution in [-0.4, -0.2) is 57.0 Å². The molecular formula is C16H27N5O2S. The molecule has 0 atom stereocenters. The van der Waals surface area contributed by atoms with E-state index in [-0.39, 0.29) is 11.4 Å². The second kappa shape index (κ2) is 8.98. The van der Waals surface area contributed by atoms with Crippen molar-refractivity contribution in [1.29, 1.82) is 0 Å². The number of sulfonamides is 1. The topological polar surface area (TPSA) is 86.7 Å². The summed E-state index contributed by atoms with van der Waals surface area (Å²) in [4.78, 5) is 10.8. The Kier molecular flexibility index (Phi) is 6.99. The highest BCUT2D eigenvalue weighted by Gasteiger charge is 2.18. The highest BCUT2D eigenvalue weighted by Crippen LogP contribution is 2.15. The molecule has 1 fully saturated rings. The molecule has 7 nitrogen and oxygen atoms in total. The fourth-order valence-corrected chi connectivity index (χ4v) is 3.56. The molecule has 134 valence electrons. The number of guanidine groups is 1. The van der Waals surface area contributed by atoms with Gasteiger partial charge in [0.05, 0.1) is 6.54 Å². The van der Waals surface area contributed by atoms with Gasteiger partial charge in [-0.1, -0.05) is 6.92 Å². The van der Waals surface area contributed by atoms with Gasteiger partial charge in [0.1, 0.15) is 4.90 Å². The van der Waals surface area contributed by atoms with Crippen LogP contribution in [0.25, 0.3) is 0 Å². The van der Waals surface area contributed by atoms with E-state index in [0.29, 0.717) is 6.54 Å². The smallest absolute Gasteiger partial charge is 0.242 e. The molecule has 0 unspecified atom stereocenters. The predicted octanol–water partition coefficient (Wildman–Crippen LogP) is 1.06. The van der Waals surface area contributed by atoms with Gasteiger partial charge in [-0.15, -0.1) is 0 Å². The summed E-state index contributed by atoms with van der Waals surface area (Å²) in [5.74, 6) is 1.63. The Morgan fingerprint density at radius 1 is 1.42 bits per heavy atom. The van der Waals surface area contributed by atoms with E-state index in [9.17, 15) is 8.42 Å². The number of rotatable bonds is 6. The summed E-state index contributed by atoms with van der Waals surface area (Å²) >= 11 is 0. The number of hydrogen-bond donors (Lipinski definition) is 2. The molecule has 0 spiro atoms. The SMILES string of the molecule is CCNC(=NCCNS(=O)(=O)c1cccnc1)N1CCC(C)CC1. The molecule has 0 aromatic carbocycles. The Hall–Kier alpha value is -1.67. The lowest BCUT2D eigenvalue weighted by Gasteiger charge is -2.33. The Bertz CT molecular complexity index is 625. The summed E-state index contributed by atoms with van der Waals surface area (Å²) in [5, 5.41) is 3.29. The maximum atomic E-state index is 12.1. The number of pyridine rings is 1. The van der Waals surface area contributed by atoms with Gasteiger partial charge >= 0.3 is 0 Å². The number of piperidine rings is 1. The minimum absolute atomic E-state index is 0.172. The average Bonchev–Trinajstić information content (AvgIpc) is 2.59. The summed E-state index contributed by atoms with van der Waals surface area (Å²) < 4.78 is 26.8. The van der Waals surface area contributed by atoms with Gasteiger partial charge in [0.2, 0.25) is 10.0 Å². The Morgan fingerprint density at radius 3 is 2.79 bits per heavy atom. The normalized spacial score (nSPS) is 17.1. The first kappa shape index (κ1) is 18.7. The molecule has 0 amide bonds. The number of nitrogens with zero attached hydrogens (tertiary/aromatic N) is 3. The van der Waals surface area contributed by atoms with Gasteiger partial charge in [-0.3, -0.25) is 9.98 Å². The summed E-state index contributed by atoms with van der Waals surface area (Å²) in [5.41, 5.74) is 0. The number of hydrogen-bond acceptors (Lipinski definition) is 4. The fraction of sp³-hybridized carbons (Fsp3) is 0.625. The lowest BCUT2D eigenvalue weighted by molar-refractivity contribution is 0.273. The van der Waals surface area contributed by atoms with Crippen LogP contribution in [-0.2, 0) is 10.0 Å². The van der Waals surface area contributed by atoms with Crippen LogP contribution < -0.4 is 10.0 Å². The van der Waals surface area contributed by atoms with Gasteiger partial charge in [0, 0.05) is 38.6 Å². The molecule has 1 aromatic rings. The van der Waals surface area contributed by atoms with Gasteiger partial charge in [0.25, 0.3) is 0 Å². The number of aliphatic imine (C=N–C) groups is 1. The zero-order valence-electron chi connectivity index (χ0n) is 14.4. The summed E-state index contributed by atoms with van der Waals surface area (Å²) in [6.45, 7) is 7.75. The molecule has 2 rings (SSSR count). The summed E-state index contributed by atoms with van der Waals surface area (Å²) in [7, 11) is -3.52. The van der Waals surface area contributed by atoms with E-state index in [2.05, 4.69) is 31.8 Å². The summed E-state index contributed by atoms with van der Waals surface area (Å²) in [6.07, 6.45) is 5.21. The first-order valence-electron chi connectivity index (χ1n) is 8.46. The fourth-order valence-electron chi connectivity index (χ4n) is 2.58. The van der Waals surface area contributed by atoms with Crippen LogP contribution in [0.15, 0.2) is 34.4 Å². The van der Waals surface area contributed by atoms with Gasteiger partial charge < -0.3 is 10.2 Å². The van der Waals surface area contributed by atoms with Gasteiger partial charge in [-0.2, -0.15) is 0 Å². The van der Waals surface area contributed by atoms with Crippen LogP contribution in [0.1, 0.15) is 26.7 Å². The lowest BCUT2D eigenvalue weighted by Crippen LogP contribution is -2.45. The first-order valence-corrected chi connectivity index (χ1v) is 9.94. The van der Waals surface area contributed by atoms with Crippen molar-refractivity contribution in [3.8, 4) is 0 Å². The van der Waals surface area contributed by atoms with Crippen LogP contribution in [0.2, 0.25) is 0 Å². The zero-order chi connectivity index (χ0) is 17.4. The van der Waals surface area contributed by atoms with Crippen molar-refractivity contribution >= 4 is 16.0 Å². The first-order chi connectivity index (χ1) is 11.5. The van der Waals surface area contributed by atoms with Crippen LogP contribution in [0.4, 0.5) is 0 Å². The minimum atomic E-state index is -3.52. The molecule has 0 saturated carbocycles. The van der Waals surface area contributed by atoms with Crippen molar-refractivity contribution in [2.45, 2.75) is 31.6 Å². The number of likely N-dealkylation sites (tertiary alicyclic amines) is 1. The molecule has 0 aliphatic carbocycles. The maximum Gasteiger partial charge on any atom is 0.242 e.